The summed E-state index contributed by atoms with van der Waals surface area (Å²) in [5, 5.41) is 10.5. The molecule has 0 unspecified atom stereocenters. The maximum absolute atomic E-state index is 12.2. The van der Waals surface area contributed by atoms with E-state index >= 15 is 0 Å². The lowest BCUT2D eigenvalue weighted by Crippen LogP contribution is -2.31. The van der Waals surface area contributed by atoms with Gasteiger partial charge in [0.05, 0.1) is 6.54 Å². The lowest BCUT2D eigenvalue weighted by atomic mass is 10.2. The normalized spacial score (nSPS) is 12.0. The minimum absolute atomic E-state index is 0.367. The maximum Gasteiger partial charge on any atom is 0.262 e. The quantitative estimate of drug-likeness (QED) is 0.584. The highest BCUT2D eigenvalue weighted by molar-refractivity contribution is 4.66. The minimum Gasteiger partial charge on any atom is -0.396 e. The van der Waals surface area contributed by atoms with Crippen LogP contribution in [0.5, 0.6) is 0 Å². The zero-order chi connectivity index (χ0) is 7.33. The van der Waals surface area contributed by atoms with Crippen molar-refractivity contribution in [2.24, 2.45) is 0 Å². The van der Waals surface area contributed by atoms with Crippen molar-refractivity contribution in [3.8, 4) is 0 Å². The first-order chi connectivity index (χ1) is 4.12. The molecule has 0 aliphatic carbocycles. The molecule has 2 nitrogen and oxygen atoms in total. The molecule has 0 aromatic carbocycles. The van der Waals surface area contributed by atoms with Crippen LogP contribution in [0.3, 0.4) is 0 Å². The van der Waals surface area contributed by atoms with Crippen molar-refractivity contribution in [3.05, 3.63) is 0 Å². The predicted octanol–water partition coefficient (Wildman–Crippen LogP) is 0.223. The smallest absolute Gasteiger partial charge is 0.262 e. The van der Waals surface area contributed by atoms with Crippen LogP contribution in [0.25, 0.3) is 0 Å². The number of aliphatic hydroxyl groups excluding tert-OH is 1. The second-order valence-electron chi connectivity index (χ2n) is 1.86. The Morgan fingerprint density at radius 1 is 1.56 bits per heavy atom. The average molecular weight is 139 g/mol. The van der Waals surface area contributed by atoms with Crippen LogP contribution in [-0.2, 0) is 0 Å². The lowest BCUT2D eigenvalue weighted by Gasteiger charge is -2.12. The molecule has 0 aliphatic rings. The van der Waals surface area contributed by atoms with E-state index in [1.54, 1.807) is 0 Å². The number of halogens is 2. The van der Waals surface area contributed by atoms with Crippen LogP contribution >= 0.6 is 0 Å². The Morgan fingerprint density at radius 2 is 2.11 bits per heavy atom. The summed E-state index contributed by atoms with van der Waals surface area (Å²) in [5.41, 5.74) is 0. The van der Waals surface area contributed by atoms with E-state index < -0.39 is 19.0 Å². The van der Waals surface area contributed by atoms with Crippen LogP contribution in [0, 0.1) is 0 Å². The van der Waals surface area contributed by atoms with Crippen LogP contribution in [0.1, 0.15) is 6.42 Å². The summed E-state index contributed by atoms with van der Waals surface area (Å²) in [6.45, 7) is -0.831. The summed E-state index contributed by atoms with van der Waals surface area (Å²) in [5.74, 6) is -2.76. The van der Waals surface area contributed by atoms with Gasteiger partial charge in [-0.1, -0.05) is 0 Å². The van der Waals surface area contributed by atoms with Crippen LogP contribution in [0.15, 0.2) is 0 Å². The van der Waals surface area contributed by atoms with Gasteiger partial charge in [0.25, 0.3) is 5.92 Å². The van der Waals surface area contributed by atoms with Crippen LogP contribution in [0.2, 0.25) is 0 Å². The van der Waals surface area contributed by atoms with E-state index in [1.807, 2.05) is 0 Å². The molecule has 56 valence electrons. The third-order valence-electron chi connectivity index (χ3n) is 0.913. The zero-order valence-corrected chi connectivity index (χ0v) is 5.32. The first kappa shape index (κ1) is 8.78. The molecule has 0 fully saturated rings. The minimum atomic E-state index is -2.76. The van der Waals surface area contributed by atoms with E-state index in [4.69, 9.17) is 5.11 Å². The molecule has 4 heteroatoms. The van der Waals surface area contributed by atoms with E-state index in [0.717, 1.165) is 0 Å². The second kappa shape index (κ2) is 3.74. The molecule has 0 bridgehead atoms. The van der Waals surface area contributed by atoms with Crippen LogP contribution < -0.4 is 5.32 Å². The predicted molar refractivity (Wildman–Crippen MR) is 30.6 cm³/mol. The highest BCUT2D eigenvalue weighted by Crippen LogP contribution is 2.15. The number of alkyl halides is 2. The fourth-order valence-electron chi connectivity index (χ4n) is 0.511. The van der Waals surface area contributed by atoms with Gasteiger partial charge in [0.2, 0.25) is 0 Å². The molecule has 0 aliphatic heterocycles. The molecule has 0 aromatic heterocycles. The SMILES string of the molecule is CNCC(F)(F)CCO. The van der Waals surface area contributed by atoms with E-state index in [0.29, 0.717) is 0 Å². The van der Waals surface area contributed by atoms with Gasteiger partial charge in [-0.2, -0.15) is 0 Å². The van der Waals surface area contributed by atoms with E-state index in [1.165, 1.54) is 7.05 Å². The zero-order valence-electron chi connectivity index (χ0n) is 5.32. The summed E-state index contributed by atoms with van der Waals surface area (Å²) in [6, 6.07) is 0. The Bertz CT molecular complexity index is 69.4. The highest BCUT2D eigenvalue weighted by Gasteiger charge is 2.26. The van der Waals surface area contributed by atoms with E-state index in [9.17, 15) is 8.78 Å². The Labute approximate surface area is 52.9 Å². The van der Waals surface area contributed by atoms with Gasteiger partial charge in [0.15, 0.2) is 0 Å². The fourth-order valence-corrected chi connectivity index (χ4v) is 0.511. The molecule has 0 saturated heterocycles. The molecule has 0 atom stereocenters. The number of aliphatic hydroxyl groups is 1. The monoisotopic (exact) mass is 139 g/mol. The number of rotatable bonds is 4. The number of nitrogens with one attached hydrogen (secondary N) is 1. The van der Waals surface area contributed by atoms with Crippen molar-refractivity contribution in [2.45, 2.75) is 12.3 Å². The van der Waals surface area contributed by atoms with Gasteiger partial charge < -0.3 is 10.4 Å². The largest absolute Gasteiger partial charge is 0.396 e. The Balaban J connectivity index is 3.43. The fraction of sp³-hybridized carbons (Fsp3) is 1.00. The summed E-state index contributed by atoms with van der Waals surface area (Å²) < 4.78 is 24.4. The first-order valence-electron chi connectivity index (χ1n) is 2.75. The van der Waals surface area contributed by atoms with Crippen molar-refractivity contribution in [1.82, 2.24) is 5.32 Å². The van der Waals surface area contributed by atoms with Gasteiger partial charge in [-0.15, -0.1) is 0 Å². The molecule has 9 heavy (non-hydrogen) atoms. The van der Waals surface area contributed by atoms with Gasteiger partial charge in [-0.3, -0.25) is 0 Å². The standard InChI is InChI=1S/C5H11F2NO/c1-8-4-5(6,7)2-3-9/h8-9H,2-4H2,1H3. The highest BCUT2D eigenvalue weighted by atomic mass is 19.3. The molecule has 0 radical (unpaired) electrons. The molecular weight excluding hydrogens is 128 g/mol. The topological polar surface area (TPSA) is 32.3 Å². The van der Waals surface area contributed by atoms with Crippen molar-refractivity contribution in [2.75, 3.05) is 20.2 Å². The molecule has 0 amide bonds. The number of hydrogen-bond donors (Lipinski definition) is 2. The summed E-state index contributed by atoms with van der Waals surface area (Å²) in [7, 11) is 1.45. The average Bonchev–Trinajstić information content (AvgIpc) is 1.64. The Kier molecular flexibility index (Phi) is 3.65. The van der Waals surface area contributed by atoms with Gasteiger partial charge in [-0.05, 0) is 7.05 Å². The summed E-state index contributed by atoms with van der Waals surface area (Å²) in [6.07, 6.45) is -0.464. The number of hydrogen-bond acceptors (Lipinski definition) is 2. The van der Waals surface area contributed by atoms with Gasteiger partial charge in [0, 0.05) is 13.0 Å². The van der Waals surface area contributed by atoms with Crippen molar-refractivity contribution in [1.29, 1.82) is 0 Å². The Hall–Kier alpha value is -0.220. The molecule has 2 N–H and O–H groups in total. The molecule has 0 aromatic rings. The van der Waals surface area contributed by atoms with E-state index in [-0.39, 0.29) is 6.54 Å². The summed E-state index contributed by atoms with van der Waals surface area (Å²) in [4.78, 5) is 0. The molecule has 0 rings (SSSR count). The van der Waals surface area contributed by atoms with Gasteiger partial charge in [-0.25, -0.2) is 8.78 Å². The van der Waals surface area contributed by atoms with Crippen molar-refractivity contribution < 1.29 is 13.9 Å². The molecule has 0 saturated carbocycles. The van der Waals surface area contributed by atoms with E-state index in [2.05, 4.69) is 5.32 Å². The summed E-state index contributed by atoms with van der Waals surface area (Å²) >= 11 is 0. The Morgan fingerprint density at radius 3 is 2.44 bits per heavy atom. The molecule has 0 spiro atoms. The van der Waals surface area contributed by atoms with Crippen LogP contribution in [-0.4, -0.2) is 31.2 Å². The third-order valence-corrected chi connectivity index (χ3v) is 0.913. The molecule has 0 heterocycles. The van der Waals surface area contributed by atoms with Gasteiger partial charge in [0.1, 0.15) is 0 Å². The lowest BCUT2D eigenvalue weighted by molar-refractivity contribution is -0.0181. The first-order valence-corrected chi connectivity index (χ1v) is 2.75. The van der Waals surface area contributed by atoms with Crippen molar-refractivity contribution in [3.63, 3.8) is 0 Å². The van der Waals surface area contributed by atoms with Crippen LogP contribution in [0.4, 0.5) is 8.78 Å². The van der Waals surface area contributed by atoms with Gasteiger partial charge >= 0.3 is 0 Å². The second-order valence-corrected chi connectivity index (χ2v) is 1.86. The molecular formula is C5H11F2NO. The van der Waals surface area contributed by atoms with Crippen molar-refractivity contribution >= 4 is 0 Å². The maximum atomic E-state index is 12.2. The third kappa shape index (κ3) is 4.29.